The van der Waals surface area contributed by atoms with Crippen molar-refractivity contribution in [2.75, 3.05) is 32.4 Å². The van der Waals surface area contributed by atoms with Crippen LogP contribution in [0.25, 0.3) is 0 Å². The van der Waals surface area contributed by atoms with E-state index in [-0.39, 0.29) is 6.04 Å². The van der Waals surface area contributed by atoms with Crippen molar-refractivity contribution in [3.8, 4) is 0 Å². The highest BCUT2D eigenvalue weighted by Crippen LogP contribution is 2.20. The highest BCUT2D eigenvalue weighted by atomic mass is 35.5. The topological polar surface area (TPSA) is 86.7 Å². The Morgan fingerprint density at radius 1 is 1.44 bits per heavy atom. The van der Waals surface area contributed by atoms with Crippen LogP contribution >= 0.6 is 11.6 Å². The van der Waals surface area contributed by atoms with Gasteiger partial charge in [0, 0.05) is 31.9 Å². The molecule has 1 aliphatic rings. The van der Waals surface area contributed by atoms with Gasteiger partial charge in [-0.1, -0.05) is 17.7 Å². The summed E-state index contributed by atoms with van der Waals surface area (Å²) in [5.74, 6) is 0.699. The summed E-state index contributed by atoms with van der Waals surface area (Å²) in [6.45, 7) is 4.50. The Labute approximate surface area is 154 Å². The van der Waals surface area contributed by atoms with E-state index in [4.69, 9.17) is 11.6 Å². The lowest BCUT2D eigenvalue weighted by Crippen LogP contribution is -2.41. The maximum Gasteiger partial charge on any atom is 0.211 e. The second-order valence-electron chi connectivity index (χ2n) is 6.06. The molecule has 7 nitrogen and oxygen atoms in total. The molecule has 0 saturated carbocycles. The van der Waals surface area contributed by atoms with Gasteiger partial charge in [-0.05, 0) is 37.8 Å². The molecule has 0 spiro atoms. The van der Waals surface area contributed by atoms with Gasteiger partial charge in [0.25, 0.3) is 0 Å². The van der Waals surface area contributed by atoms with Crippen molar-refractivity contribution >= 4 is 27.6 Å². The minimum atomic E-state index is -3.16. The molecule has 0 aromatic carbocycles. The molecule has 0 unspecified atom stereocenters. The molecule has 140 valence electrons. The Balaban J connectivity index is 1.88. The Hall–Kier alpha value is -1.38. The van der Waals surface area contributed by atoms with Gasteiger partial charge in [0.15, 0.2) is 5.96 Å². The number of pyridine rings is 1. The lowest BCUT2D eigenvalue weighted by atomic mass is 10.2. The molecule has 1 atom stereocenters. The van der Waals surface area contributed by atoms with E-state index in [1.165, 1.54) is 6.26 Å². The third kappa shape index (κ3) is 6.45. The average molecular weight is 388 g/mol. The molecule has 1 aromatic rings. The van der Waals surface area contributed by atoms with Crippen molar-refractivity contribution in [1.82, 2.24) is 19.9 Å². The number of halogens is 1. The number of nitrogens with zero attached hydrogens (tertiary/aromatic N) is 3. The number of hydrogen-bond donors (Lipinski definition) is 2. The summed E-state index contributed by atoms with van der Waals surface area (Å²) in [6.07, 6.45) is 5.57. The predicted octanol–water partition coefficient (Wildman–Crippen LogP) is 1.26. The zero-order valence-corrected chi connectivity index (χ0v) is 16.3. The van der Waals surface area contributed by atoms with E-state index in [1.54, 1.807) is 16.6 Å². The fourth-order valence-corrected chi connectivity index (χ4v) is 4.13. The minimum absolute atomic E-state index is 0.0501. The van der Waals surface area contributed by atoms with Crippen molar-refractivity contribution in [2.45, 2.75) is 32.2 Å². The number of aliphatic imine (C=N–C) groups is 1. The van der Waals surface area contributed by atoms with Gasteiger partial charge < -0.3 is 10.6 Å². The van der Waals surface area contributed by atoms with Crippen molar-refractivity contribution < 1.29 is 8.42 Å². The maximum absolute atomic E-state index is 11.8. The van der Waals surface area contributed by atoms with Gasteiger partial charge >= 0.3 is 0 Å². The Kier molecular flexibility index (Phi) is 7.46. The van der Waals surface area contributed by atoms with Gasteiger partial charge in [0.05, 0.1) is 12.8 Å². The molecule has 2 rings (SSSR count). The smallest absolute Gasteiger partial charge is 0.211 e. The number of aromatic nitrogens is 1. The van der Waals surface area contributed by atoms with Crippen molar-refractivity contribution in [1.29, 1.82) is 0 Å². The summed E-state index contributed by atoms with van der Waals surface area (Å²) in [4.78, 5) is 8.62. The summed E-state index contributed by atoms with van der Waals surface area (Å²) < 4.78 is 25.2. The molecule has 0 radical (unpaired) electrons. The van der Waals surface area contributed by atoms with E-state index >= 15 is 0 Å². The fraction of sp³-hybridized carbons (Fsp3) is 0.625. The van der Waals surface area contributed by atoms with E-state index in [9.17, 15) is 8.42 Å². The van der Waals surface area contributed by atoms with Gasteiger partial charge in [-0.2, -0.15) is 4.31 Å². The van der Waals surface area contributed by atoms with Crippen LogP contribution < -0.4 is 10.6 Å². The molecule has 1 aromatic heterocycles. The zero-order valence-electron chi connectivity index (χ0n) is 14.7. The highest BCUT2D eigenvalue weighted by molar-refractivity contribution is 7.88. The molecule has 0 amide bonds. The van der Waals surface area contributed by atoms with E-state index in [0.717, 1.165) is 31.4 Å². The molecule has 0 aliphatic carbocycles. The normalized spacial score (nSPS) is 19.2. The molecule has 25 heavy (non-hydrogen) atoms. The van der Waals surface area contributed by atoms with Crippen LogP contribution in [0.15, 0.2) is 23.3 Å². The van der Waals surface area contributed by atoms with E-state index in [2.05, 4.69) is 20.6 Å². The van der Waals surface area contributed by atoms with Crippen LogP contribution in [-0.2, 0) is 16.4 Å². The quantitative estimate of drug-likeness (QED) is 0.418. The summed E-state index contributed by atoms with van der Waals surface area (Å²) in [7, 11) is -3.16. The van der Waals surface area contributed by atoms with E-state index in [0.29, 0.717) is 30.7 Å². The zero-order chi connectivity index (χ0) is 18.3. The van der Waals surface area contributed by atoms with Gasteiger partial charge in [-0.15, -0.1) is 0 Å². The molecular formula is C16H26ClN5O2S. The molecule has 0 bridgehead atoms. The number of rotatable bonds is 7. The van der Waals surface area contributed by atoms with E-state index in [1.807, 2.05) is 13.0 Å². The van der Waals surface area contributed by atoms with Crippen LogP contribution in [-0.4, -0.2) is 62.1 Å². The SMILES string of the molecule is CCNC(=NC[C@H]1CCCN1S(C)(=O)=O)NCCc1ccc(Cl)nc1. The lowest BCUT2D eigenvalue weighted by molar-refractivity contribution is 0.396. The van der Waals surface area contributed by atoms with Crippen LogP contribution in [0.4, 0.5) is 0 Å². The largest absolute Gasteiger partial charge is 0.357 e. The molecule has 2 N–H and O–H groups in total. The average Bonchev–Trinajstić information content (AvgIpc) is 3.03. The molecule has 1 fully saturated rings. The lowest BCUT2D eigenvalue weighted by Gasteiger charge is -2.21. The van der Waals surface area contributed by atoms with Gasteiger partial charge in [-0.3, -0.25) is 4.99 Å². The van der Waals surface area contributed by atoms with Gasteiger partial charge in [-0.25, -0.2) is 13.4 Å². The van der Waals surface area contributed by atoms with Crippen molar-refractivity contribution in [3.63, 3.8) is 0 Å². The third-order valence-electron chi connectivity index (χ3n) is 4.05. The summed E-state index contributed by atoms with van der Waals surface area (Å²) >= 11 is 5.78. The Bertz CT molecular complexity index is 678. The van der Waals surface area contributed by atoms with Crippen LogP contribution in [0.5, 0.6) is 0 Å². The predicted molar refractivity (Wildman–Crippen MR) is 102 cm³/mol. The van der Waals surface area contributed by atoms with Gasteiger partial charge in [0.1, 0.15) is 5.15 Å². The van der Waals surface area contributed by atoms with Crippen LogP contribution in [0.1, 0.15) is 25.3 Å². The molecule has 1 aliphatic heterocycles. The highest BCUT2D eigenvalue weighted by Gasteiger charge is 2.31. The number of sulfonamides is 1. The van der Waals surface area contributed by atoms with Crippen LogP contribution in [0.2, 0.25) is 5.15 Å². The maximum atomic E-state index is 11.8. The summed E-state index contributed by atoms with van der Waals surface area (Å²) in [5.41, 5.74) is 1.09. The van der Waals surface area contributed by atoms with Crippen molar-refractivity contribution in [3.05, 3.63) is 29.0 Å². The fourth-order valence-electron chi connectivity index (χ4n) is 2.85. The first kappa shape index (κ1) is 19.9. The van der Waals surface area contributed by atoms with E-state index < -0.39 is 10.0 Å². The first-order valence-electron chi connectivity index (χ1n) is 8.49. The first-order chi connectivity index (χ1) is 11.9. The van der Waals surface area contributed by atoms with Crippen LogP contribution in [0, 0.1) is 0 Å². The number of hydrogen-bond acceptors (Lipinski definition) is 4. The Morgan fingerprint density at radius 3 is 2.88 bits per heavy atom. The first-order valence-corrected chi connectivity index (χ1v) is 10.7. The monoisotopic (exact) mass is 387 g/mol. The standard InChI is InChI=1S/C16H26ClN5O2S/c1-3-18-16(19-9-8-13-6-7-15(17)20-11-13)21-12-14-5-4-10-22(14)25(2,23)24/h6-7,11,14H,3-5,8-10,12H2,1-2H3,(H2,18,19,21)/t14-/m1/s1. The summed E-state index contributed by atoms with van der Waals surface area (Å²) in [5, 5.41) is 6.95. The third-order valence-corrected chi connectivity index (χ3v) is 5.60. The summed E-state index contributed by atoms with van der Waals surface area (Å²) in [6, 6.07) is 3.67. The number of nitrogens with one attached hydrogen (secondary N) is 2. The van der Waals surface area contributed by atoms with Crippen molar-refractivity contribution in [2.24, 2.45) is 4.99 Å². The molecular weight excluding hydrogens is 362 g/mol. The Morgan fingerprint density at radius 2 is 2.24 bits per heavy atom. The number of guanidine groups is 1. The molecule has 1 saturated heterocycles. The second kappa shape index (κ2) is 9.35. The second-order valence-corrected chi connectivity index (χ2v) is 8.38. The molecule has 2 heterocycles. The minimum Gasteiger partial charge on any atom is -0.357 e. The van der Waals surface area contributed by atoms with Gasteiger partial charge in [0.2, 0.25) is 10.0 Å². The van der Waals surface area contributed by atoms with Crippen LogP contribution in [0.3, 0.4) is 0 Å². The molecule has 9 heteroatoms.